The zero-order valence-electron chi connectivity index (χ0n) is 16.0. The lowest BCUT2D eigenvalue weighted by atomic mass is 10.1. The van der Waals surface area contributed by atoms with Crippen LogP contribution in [-0.2, 0) is 11.3 Å². The number of hydrogen-bond donors (Lipinski definition) is 2. The zero-order chi connectivity index (χ0) is 18.9. The van der Waals surface area contributed by atoms with Gasteiger partial charge in [0.1, 0.15) is 18.0 Å². The van der Waals surface area contributed by atoms with E-state index < -0.39 is 0 Å². The molecule has 0 spiro atoms. The van der Waals surface area contributed by atoms with Gasteiger partial charge in [0.05, 0.1) is 25.9 Å². The second-order valence-electron chi connectivity index (χ2n) is 6.24. The van der Waals surface area contributed by atoms with Crippen molar-refractivity contribution in [2.75, 3.05) is 25.6 Å². The van der Waals surface area contributed by atoms with E-state index in [0.717, 1.165) is 17.2 Å². The van der Waals surface area contributed by atoms with Crippen LogP contribution in [0.3, 0.4) is 0 Å². The maximum atomic E-state index is 12.6. The maximum absolute atomic E-state index is 12.6. The highest BCUT2D eigenvalue weighted by atomic mass is 16.5. The molecule has 2 N–H and O–H groups in total. The van der Waals surface area contributed by atoms with Gasteiger partial charge in [-0.2, -0.15) is 0 Å². The van der Waals surface area contributed by atoms with Gasteiger partial charge in [0.25, 0.3) is 5.91 Å². The van der Waals surface area contributed by atoms with E-state index in [4.69, 9.17) is 9.47 Å². The van der Waals surface area contributed by atoms with Gasteiger partial charge in [0, 0.05) is 5.56 Å². The molecule has 2 aromatic rings. The highest BCUT2D eigenvalue weighted by Gasteiger charge is 2.23. The number of nitrogens with one attached hydrogen (secondary N) is 2. The van der Waals surface area contributed by atoms with Crippen molar-refractivity contribution in [3.63, 3.8) is 0 Å². The summed E-state index contributed by atoms with van der Waals surface area (Å²) in [7, 11) is 2.02. The average molecular weight is 357 g/mol. The Morgan fingerprint density at radius 1 is 1.04 bits per heavy atom. The molecule has 5 nitrogen and oxygen atoms in total. The standard InChI is InChI=1S/C21H28N2O3/c1-5-25-18-13-11-17(12-14-18)15-23(4)16(3)21(24)22-19-9-7-8-10-20(19)26-6-2/h7-14,16H,5-6,15H2,1-4H3,(H,22,24)/p+1/t16-/m0/s1. The Bertz CT molecular complexity index is 701. The van der Waals surface area contributed by atoms with Crippen molar-refractivity contribution >= 4 is 11.6 Å². The number of likely N-dealkylation sites (N-methyl/N-ethyl adjacent to an activating group) is 1. The van der Waals surface area contributed by atoms with Gasteiger partial charge >= 0.3 is 0 Å². The summed E-state index contributed by atoms with van der Waals surface area (Å²) in [6, 6.07) is 15.3. The minimum atomic E-state index is -0.198. The molecule has 0 fully saturated rings. The largest absolute Gasteiger partial charge is 0.494 e. The summed E-state index contributed by atoms with van der Waals surface area (Å²) in [5, 5.41) is 2.98. The summed E-state index contributed by atoms with van der Waals surface area (Å²) in [6.07, 6.45) is 0. The first-order valence-corrected chi connectivity index (χ1v) is 9.11. The van der Waals surface area contributed by atoms with Crippen LogP contribution in [0.15, 0.2) is 48.5 Å². The van der Waals surface area contributed by atoms with Crippen LogP contribution in [0.2, 0.25) is 0 Å². The molecule has 0 heterocycles. The molecule has 140 valence electrons. The number of rotatable bonds is 9. The van der Waals surface area contributed by atoms with E-state index in [-0.39, 0.29) is 11.9 Å². The van der Waals surface area contributed by atoms with E-state index in [1.165, 1.54) is 5.56 Å². The highest BCUT2D eigenvalue weighted by molar-refractivity contribution is 5.94. The number of carbonyl (C=O) groups excluding carboxylic acids is 1. The molecule has 2 rings (SSSR count). The summed E-state index contributed by atoms with van der Waals surface area (Å²) < 4.78 is 11.0. The predicted octanol–water partition coefficient (Wildman–Crippen LogP) is 2.53. The first kappa shape index (κ1) is 19.8. The van der Waals surface area contributed by atoms with E-state index in [1.54, 1.807) is 0 Å². The van der Waals surface area contributed by atoms with Crippen LogP contribution in [0.1, 0.15) is 26.3 Å². The number of hydrogen-bond acceptors (Lipinski definition) is 3. The number of quaternary nitrogens is 1. The number of amides is 1. The fourth-order valence-corrected chi connectivity index (χ4v) is 2.66. The fourth-order valence-electron chi connectivity index (χ4n) is 2.66. The number of para-hydroxylation sites is 2. The molecule has 0 bridgehead atoms. The van der Waals surface area contributed by atoms with Crippen molar-refractivity contribution in [2.24, 2.45) is 0 Å². The van der Waals surface area contributed by atoms with Crippen LogP contribution in [0, 0.1) is 0 Å². The molecular formula is C21H29N2O3+. The Kier molecular flexibility index (Phi) is 7.48. The molecule has 26 heavy (non-hydrogen) atoms. The van der Waals surface area contributed by atoms with E-state index in [1.807, 2.05) is 76.3 Å². The van der Waals surface area contributed by atoms with Crippen LogP contribution in [0.5, 0.6) is 11.5 Å². The second kappa shape index (κ2) is 9.82. The minimum absolute atomic E-state index is 0.0272. The quantitative estimate of drug-likeness (QED) is 0.725. The molecule has 0 saturated carbocycles. The van der Waals surface area contributed by atoms with Gasteiger partial charge in [0.2, 0.25) is 0 Å². The first-order valence-electron chi connectivity index (χ1n) is 9.11. The molecule has 2 aromatic carbocycles. The van der Waals surface area contributed by atoms with Gasteiger partial charge in [-0.15, -0.1) is 0 Å². The van der Waals surface area contributed by atoms with Crippen molar-refractivity contribution < 1.29 is 19.2 Å². The monoisotopic (exact) mass is 357 g/mol. The molecule has 0 aliphatic rings. The lowest BCUT2D eigenvalue weighted by Gasteiger charge is -2.22. The Balaban J connectivity index is 1.96. The van der Waals surface area contributed by atoms with Crippen molar-refractivity contribution in [3.05, 3.63) is 54.1 Å². The van der Waals surface area contributed by atoms with Gasteiger partial charge < -0.3 is 19.7 Å². The lowest BCUT2D eigenvalue weighted by Crippen LogP contribution is -3.12. The third-order valence-electron chi connectivity index (χ3n) is 4.29. The first-order chi connectivity index (χ1) is 12.5. The van der Waals surface area contributed by atoms with Crippen molar-refractivity contribution in [1.29, 1.82) is 0 Å². The van der Waals surface area contributed by atoms with E-state index in [0.29, 0.717) is 24.7 Å². The number of ether oxygens (including phenoxy) is 2. The van der Waals surface area contributed by atoms with Gasteiger partial charge in [0.15, 0.2) is 6.04 Å². The van der Waals surface area contributed by atoms with Crippen LogP contribution in [-0.4, -0.2) is 32.2 Å². The number of anilines is 1. The normalized spacial score (nSPS) is 12.9. The van der Waals surface area contributed by atoms with Crippen molar-refractivity contribution in [3.8, 4) is 11.5 Å². The van der Waals surface area contributed by atoms with Crippen LogP contribution >= 0.6 is 0 Å². The van der Waals surface area contributed by atoms with Crippen LogP contribution in [0.25, 0.3) is 0 Å². The van der Waals surface area contributed by atoms with Gasteiger partial charge in [-0.3, -0.25) is 4.79 Å². The third-order valence-corrected chi connectivity index (χ3v) is 4.29. The maximum Gasteiger partial charge on any atom is 0.282 e. The number of benzene rings is 2. The molecule has 0 aromatic heterocycles. The summed E-state index contributed by atoms with van der Waals surface area (Å²) >= 11 is 0. The molecule has 1 unspecified atom stereocenters. The van der Waals surface area contributed by atoms with Crippen molar-refractivity contribution in [1.82, 2.24) is 0 Å². The smallest absolute Gasteiger partial charge is 0.282 e. The molecular weight excluding hydrogens is 328 g/mol. The van der Waals surface area contributed by atoms with Crippen LogP contribution in [0.4, 0.5) is 5.69 Å². The number of carbonyl (C=O) groups is 1. The second-order valence-corrected chi connectivity index (χ2v) is 6.24. The molecule has 5 heteroatoms. The van der Waals surface area contributed by atoms with E-state index in [9.17, 15) is 4.79 Å². The fraction of sp³-hybridized carbons (Fsp3) is 0.381. The Labute approximate surface area is 155 Å². The molecule has 2 atom stereocenters. The van der Waals surface area contributed by atoms with E-state index in [2.05, 4.69) is 5.32 Å². The third kappa shape index (κ3) is 5.49. The molecule has 0 aliphatic heterocycles. The van der Waals surface area contributed by atoms with Gasteiger partial charge in [-0.05, 0) is 57.2 Å². The minimum Gasteiger partial charge on any atom is -0.494 e. The van der Waals surface area contributed by atoms with Gasteiger partial charge in [-0.25, -0.2) is 0 Å². The molecule has 0 aliphatic carbocycles. The highest BCUT2D eigenvalue weighted by Crippen LogP contribution is 2.23. The topological polar surface area (TPSA) is 52.0 Å². The SMILES string of the molecule is CCOc1ccc(C[NH+](C)[C@@H](C)C(=O)Nc2ccccc2OCC)cc1. The van der Waals surface area contributed by atoms with Crippen LogP contribution < -0.4 is 19.7 Å². The predicted molar refractivity (Wildman–Crippen MR) is 104 cm³/mol. The summed E-state index contributed by atoms with van der Waals surface area (Å²) in [4.78, 5) is 13.7. The zero-order valence-corrected chi connectivity index (χ0v) is 16.0. The summed E-state index contributed by atoms with van der Waals surface area (Å²) in [5.41, 5.74) is 1.88. The summed E-state index contributed by atoms with van der Waals surface area (Å²) in [6.45, 7) is 7.80. The Morgan fingerprint density at radius 2 is 1.69 bits per heavy atom. The average Bonchev–Trinajstić information content (AvgIpc) is 2.64. The van der Waals surface area contributed by atoms with E-state index >= 15 is 0 Å². The summed E-state index contributed by atoms with van der Waals surface area (Å²) in [5.74, 6) is 1.53. The molecule has 0 radical (unpaired) electrons. The Morgan fingerprint density at radius 3 is 2.35 bits per heavy atom. The lowest BCUT2D eigenvalue weighted by molar-refractivity contribution is -0.907. The van der Waals surface area contributed by atoms with Gasteiger partial charge in [-0.1, -0.05) is 12.1 Å². The van der Waals surface area contributed by atoms with Crippen molar-refractivity contribution in [2.45, 2.75) is 33.4 Å². The Hall–Kier alpha value is -2.53. The molecule has 0 saturated heterocycles. The molecule has 1 amide bonds.